The summed E-state index contributed by atoms with van der Waals surface area (Å²) in [6.45, 7) is 1.08. The molecule has 0 saturated heterocycles. The first-order chi connectivity index (χ1) is 9.29. The molecule has 3 N–H and O–H groups in total. The Morgan fingerprint density at radius 1 is 1.37 bits per heavy atom. The number of amides is 1. The summed E-state index contributed by atoms with van der Waals surface area (Å²) in [5.41, 5.74) is 6.01. The molecule has 4 heteroatoms. The van der Waals surface area contributed by atoms with Gasteiger partial charge in [0, 0.05) is 6.54 Å². The van der Waals surface area contributed by atoms with Gasteiger partial charge in [0.25, 0.3) is 5.91 Å². The molecule has 0 atom stereocenters. The monoisotopic (exact) mass is 264 g/mol. The van der Waals surface area contributed by atoms with Crippen molar-refractivity contribution in [1.29, 1.82) is 0 Å². The third-order valence-corrected chi connectivity index (χ3v) is 3.92. The van der Waals surface area contributed by atoms with Gasteiger partial charge in [-0.25, -0.2) is 0 Å². The Kier molecular flexibility index (Phi) is 5.45. The molecule has 1 amide bonds. The fraction of sp³-hybridized carbons (Fsp3) is 0.667. The van der Waals surface area contributed by atoms with E-state index in [1.165, 1.54) is 44.8 Å². The number of hydrogen-bond acceptors (Lipinski definition) is 3. The van der Waals surface area contributed by atoms with E-state index in [-0.39, 0.29) is 5.91 Å². The Bertz CT molecular complexity index is 395. The van der Waals surface area contributed by atoms with Crippen molar-refractivity contribution in [2.75, 3.05) is 6.54 Å². The summed E-state index contributed by atoms with van der Waals surface area (Å²) >= 11 is 0. The normalized spacial score (nSPS) is 16.5. The van der Waals surface area contributed by atoms with Gasteiger partial charge in [-0.3, -0.25) is 4.79 Å². The first-order valence-corrected chi connectivity index (χ1v) is 7.35. The first-order valence-electron chi connectivity index (χ1n) is 7.35. The molecule has 1 saturated carbocycles. The Hall–Kier alpha value is -1.29. The maximum atomic E-state index is 11.8. The fourth-order valence-corrected chi connectivity index (χ4v) is 2.78. The van der Waals surface area contributed by atoms with Gasteiger partial charge >= 0.3 is 0 Å². The molecule has 0 aromatic carbocycles. The van der Waals surface area contributed by atoms with Crippen LogP contribution in [0.3, 0.4) is 0 Å². The SMILES string of the molecule is NCc1cc(C(=O)NCCCC2CCCCC2)co1. The van der Waals surface area contributed by atoms with Crippen LogP contribution in [0, 0.1) is 5.92 Å². The van der Waals surface area contributed by atoms with Crippen LogP contribution in [0.4, 0.5) is 0 Å². The lowest BCUT2D eigenvalue weighted by molar-refractivity contribution is 0.0951. The van der Waals surface area contributed by atoms with Crippen LogP contribution < -0.4 is 11.1 Å². The van der Waals surface area contributed by atoms with Crippen molar-refractivity contribution in [3.63, 3.8) is 0 Å². The molecule has 1 aromatic rings. The minimum absolute atomic E-state index is 0.0629. The topological polar surface area (TPSA) is 68.3 Å². The van der Waals surface area contributed by atoms with Crippen molar-refractivity contribution in [2.24, 2.45) is 11.7 Å². The number of nitrogens with two attached hydrogens (primary N) is 1. The van der Waals surface area contributed by atoms with Gasteiger partial charge in [0.1, 0.15) is 12.0 Å². The molecule has 1 aromatic heterocycles. The third-order valence-electron chi connectivity index (χ3n) is 3.92. The van der Waals surface area contributed by atoms with Gasteiger partial charge in [0.2, 0.25) is 0 Å². The van der Waals surface area contributed by atoms with Crippen LogP contribution in [-0.4, -0.2) is 12.5 Å². The number of carbonyl (C=O) groups is 1. The molecule has 19 heavy (non-hydrogen) atoms. The van der Waals surface area contributed by atoms with Crippen LogP contribution in [0.2, 0.25) is 0 Å². The number of nitrogens with one attached hydrogen (secondary N) is 1. The summed E-state index contributed by atoms with van der Waals surface area (Å²) in [4.78, 5) is 11.8. The number of furan rings is 1. The van der Waals surface area contributed by atoms with Gasteiger partial charge in [0.15, 0.2) is 0 Å². The minimum atomic E-state index is -0.0629. The predicted molar refractivity (Wildman–Crippen MR) is 74.7 cm³/mol. The zero-order valence-corrected chi connectivity index (χ0v) is 11.5. The zero-order chi connectivity index (χ0) is 13.5. The van der Waals surface area contributed by atoms with Crippen molar-refractivity contribution in [3.8, 4) is 0 Å². The fourth-order valence-electron chi connectivity index (χ4n) is 2.78. The molecule has 0 aliphatic heterocycles. The Balaban J connectivity index is 1.63. The van der Waals surface area contributed by atoms with Crippen molar-refractivity contribution >= 4 is 5.91 Å². The number of rotatable bonds is 6. The molecule has 2 rings (SSSR count). The molecule has 1 heterocycles. The molecule has 0 unspecified atom stereocenters. The second-order valence-corrected chi connectivity index (χ2v) is 5.41. The third kappa shape index (κ3) is 4.39. The van der Waals surface area contributed by atoms with Gasteiger partial charge in [-0.15, -0.1) is 0 Å². The first kappa shape index (κ1) is 14.1. The van der Waals surface area contributed by atoms with E-state index in [0.29, 0.717) is 17.9 Å². The summed E-state index contributed by atoms with van der Waals surface area (Å²) in [6.07, 6.45) is 10.7. The van der Waals surface area contributed by atoms with Gasteiger partial charge in [-0.2, -0.15) is 0 Å². The Labute approximate surface area is 114 Å². The van der Waals surface area contributed by atoms with E-state index >= 15 is 0 Å². The van der Waals surface area contributed by atoms with E-state index < -0.39 is 0 Å². The summed E-state index contributed by atoms with van der Waals surface area (Å²) < 4.78 is 5.15. The highest BCUT2D eigenvalue weighted by atomic mass is 16.3. The zero-order valence-electron chi connectivity index (χ0n) is 11.5. The standard InChI is InChI=1S/C15H24N2O2/c16-10-14-9-13(11-19-14)15(18)17-8-4-7-12-5-2-1-3-6-12/h9,11-12H,1-8,10,16H2,(H,17,18). The van der Waals surface area contributed by atoms with Gasteiger partial charge in [-0.05, 0) is 24.8 Å². The minimum Gasteiger partial charge on any atom is -0.467 e. The highest BCUT2D eigenvalue weighted by Gasteiger charge is 2.13. The molecule has 1 aliphatic carbocycles. The Morgan fingerprint density at radius 2 is 2.16 bits per heavy atom. The van der Waals surface area contributed by atoms with Gasteiger partial charge in [0.05, 0.1) is 12.1 Å². The van der Waals surface area contributed by atoms with Crippen molar-refractivity contribution in [2.45, 2.75) is 51.5 Å². The van der Waals surface area contributed by atoms with Crippen LogP contribution >= 0.6 is 0 Å². The maximum Gasteiger partial charge on any atom is 0.254 e. The van der Waals surface area contributed by atoms with E-state index in [9.17, 15) is 4.79 Å². The van der Waals surface area contributed by atoms with Crippen LogP contribution in [0.5, 0.6) is 0 Å². The highest BCUT2D eigenvalue weighted by molar-refractivity contribution is 5.93. The molecule has 0 radical (unpaired) electrons. The lowest BCUT2D eigenvalue weighted by atomic mass is 9.86. The molecule has 1 aliphatic rings. The molecule has 106 valence electrons. The molecule has 0 spiro atoms. The van der Waals surface area contributed by atoms with Gasteiger partial charge in [-0.1, -0.05) is 32.1 Å². The van der Waals surface area contributed by atoms with E-state index in [1.807, 2.05) is 0 Å². The maximum absolute atomic E-state index is 11.8. The van der Waals surface area contributed by atoms with Crippen LogP contribution in [0.1, 0.15) is 61.1 Å². The van der Waals surface area contributed by atoms with E-state index in [4.69, 9.17) is 10.2 Å². The summed E-state index contributed by atoms with van der Waals surface area (Å²) in [7, 11) is 0. The highest BCUT2D eigenvalue weighted by Crippen LogP contribution is 2.26. The van der Waals surface area contributed by atoms with Crippen molar-refractivity contribution in [1.82, 2.24) is 5.32 Å². The molecular formula is C15H24N2O2. The summed E-state index contributed by atoms with van der Waals surface area (Å²) in [6, 6.07) is 1.70. The molecule has 0 bridgehead atoms. The lowest BCUT2D eigenvalue weighted by Crippen LogP contribution is -2.24. The largest absolute Gasteiger partial charge is 0.467 e. The lowest BCUT2D eigenvalue weighted by Gasteiger charge is -2.21. The molecule has 1 fully saturated rings. The average Bonchev–Trinajstić information content (AvgIpc) is 2.93. The number of carbonyl (C=O) groups excluding carboxylic acids is 1. The molecular weight excluding hydrogens is 240 g/mol. The molecule has 4 nitrogen and oxygen atoms in total. The Morgan fingerprint density at radius 3 is 2.84 bits per heavy atom. The summed E-state index contributed by atoms with van der Waals surface area (Å²) in [5, 5.41) is 2.94. The summed E-state index contributed by atoms with van der Waals surface area (Å²) in [5.74, 6) is 1.46. The second-order valence-electron chi connectivity index (χ2n) is 5.41. The van der Waals surface area contributed by atoms with Crippen molar-refractivity contribution in [3.05, 3.63) is 23.7 Å². The smallest absolute Gasteiger partial charge is 0.254 e. The quantitative estimate of drug-likeness (QED) is 0.776. The van der Waals surface area contributed by atoms with Crippen LogP contribution in [0.25, 0.3) is 0 Å². The second kappa shape index (κ2) is 7.34. The van der Waals surface area contributed by atoms with Crippen LogP contribution in [-0.2, 0) is 6.54 Å². The van der Waals surface area contributed by atoms with E-state index in [0.717, 1.165) is 18.9 Å². The van der Waals surface area contributed by atoms with E-state index in [2.05, 4.69) is 5.32 Å². The van der Waals surface area contributed by atoms with E-state index in [1.54, 1.807) is 6.07 Å². The number of hydrogen-bond donors (Lipinski definition) is 2. The van der Waals surface area contributed by atoms with Crippen molar-refractivity contribution < 1.29 is 9.21 Å². The average molecular weight is 264 g/mol. The predicted octanol–water partition coefficient (Wildman–Crippen LogP) is 2.83. The van der Waals surface area contributed by atoms with Gasteiger partial charge < -0.3 is 15.5 Å². The van der Waals surface area contributed by atoms with Crippen LogP contribution in [0.15, 0.2) is 16.7 Å².